The maximum atomic E-state index is 7.99. The highest BCUT2D eigenvalue weighted by molar-refractivity contribution is 4.28. The molecule has 0 aromatic heterocycles. The molecule has 0 radical (unpaired) electrons. The lowest BCUT2D eigenvalue weighted by molar-refractivity contribution is 0.291. The Kier molecular flexibility index (Phi) is 24.1. The van der Waals surface area contributed by atoms with Gasteiger partial charge in [0, 0.05) is 8.03 Å². The molecule has 0 fully saturated rings. The Balaban J connectivity index is -0.0000000750. The largest absolute Gasteiger partial charge is 0.396 e. The van der Waals surface area contributed by atoms with Gasteiger partial charge < -0.3 is 10.8 Å². The first-order valence-corrected chi connectivity index (χ1v) is 2.72. The Hall–Kier alpha value is -0.0800. The summed E-state index contributed by atoms with van der Waals surface area (Å²) in [6, 6.07) is 0. The minimum Gasteiger partial charge on any atom is -0.396 e. The Morgan fingerprint density at radius 2 is 2.00 bits per heavy atom. The van der Waals surface area contributed by atoms with Crippen molar-refractivity contribution in [3.63, 3.8) is 0 Å². The lowest BCUT2D eigenvalue weighted by atomic mass is 10.5. The van der Waals surface area contributed by atoms with Crippen LogP contribution in [0, 0.1) is 0 Å². The van der Waals surface area contributed by atoms with Crippen LogP contribution in [0.15, 0.2) is 0 Å². The molecule has 2 nitrogen and oxygen atoms in total. The summed E-state index contributed by atoms with van der Waals surface area (Å²) in [5.74, 6) is 0. The molecule has 7 heavy (non-hydrogen) atoms. The molecule has 2 heteroatoms. The van der Waals surface area contributed by atoms with Crippen molar-refractivity contribution >= 4 is 0 Å². The van der Waals surface area contributed by atoms with E-state index >= 15 is 0 Å². The van der Waals surface area contributed by atoms with E-state index in [4.69, 9.17) is 10.8 Å². The van der Waals surface area contributed by atoms with Crippen LogP contribution < -0.4 is 5.73 Å². The third-order valence-electron chi connectivity index (χ3n) is 0.362. The van der Waals surface area contributed by atoms with Crippen molar-refractivity contribution < 1.29 is 6.53 Å². The first-order chi connectivity index (χ1) is 3.41. The van der Waals surface area contributed by atoms with E-state index in [1.807, 2.05) is 13.8 Å². The smallest absolute Gasteiger partial charge is 0.0443 e. The monoisotopic (exact) mass is 107 g/mol. The SMILES string of the molecule is CC.NCCCO.[HH]. The maximum Gasteiger partial charge on any atom is 0.0443 e. The average Bonchev–Trinajstić information content (AvgIpc) is 1.75. The molecule has 0 spiro atoms. The van der Waals surface area contributed by atoms with E-state index in [0.717, 1.165) is 6.42 Å². The number of rotatable bonds is 2. The molecule has 0 saturated heterocycles. The summed E-state index contributed by atoms with van der Waals surface area (Å²) in [7, 11) is 0. The maximum absolute atomic E-state index is 7.99. The molecule has 0 aromatic rings. The van der Waals surface area contributed by atoms with Crippen molar-refractivity contribution in [2.75, 3.05) is 13.2 Å². The molecular formula is C5H17NO. The van der Waals surface area contributed by atoms with E-state index in [2.05, 4.69) is 0 Å². The molecule has 0 aliphatic heterocycles. The number of aliphatic hydroxyl groups excluding tert-OH is 1. The first kappa shape index (κ1) is 10.0. The van der Waals surface area contributed by atoms with Crippen molar-refractivity contribution in [2.45, 2.75) is 20.3 Å². The molecule has 0 atom stereocenters. The third-order valence-corrected chi connectivity index (χ3v) is 0.362. The second kappa shape index (κ2) is 16.8. The predicted octanol–water partition coefficient (Wildman–Crippen LogP) is 0.600. The molecule has 0 aromatic carbocycles. The van der Waals surface area contributed by atoms with Gasteiger partial charge >= 0.3 is 0 Å². The molecule has 0 amide bonds. The van der Waals surface area contributed by atoms with Gasteiger partial charge in [-0.05, 0) is 13.0 Å². The quantitative estimate of drug-likeness (QED) is 0.543. The normalized spacial score (nSPS) is 6.86. The lowest BCUT2D eigenvalue weighted by Crippen LogP contribution is -1.99. The number of aliphatic hydroxyl groups is 1. The molecule has 48 valence electrons. The number of nitrogens with two attached hydrogens (primary N) is 1. The van der Waals surface area contributed by atoms with E-state index in [-0.39, 0.29) is 8.03 Å². The van der Waals surface area contributed by atoms with E-state index in [1.165, 1.54) is 0 Å². The van der Waals surface area contributed by atoms with Crippen LogP contribution in [0.25, 0.3) is 0 Å². The van der Waals surface area contributed by atoms with Gasteiger partial charge in [-0.2, -0.15) is 0 Å². The third kappa shape index (κ3) is 24.7. The summed E-state index contributed by atoms with van der Waals surface area (Å²) in [6.07, 6.45) is 0.722. The van der Waals surface area contributed by atoms with Gasteiger partial charge in [0.05, 0.1) is 0 Å². The standard InChI is InChI=1S/C3H9NO.C2H6.H2/c4-2-1-3-5;1-2;/h5H,1-4H2;1-2H3;1H. The minimum absolute atomic E-state index is 0. The second-order valence-corrected chi connectivity index (χ2v) is 0.866. The first-order valence-electron chi connectivity index (χ1n) is 2.72. The fourth-order valence-electron chi connectivity index (χ4n) is 0.0913. The van der Waals surface area contributed by atoms with Gasteiger partial charge in [-0.15, -0.1) is 0 Å². The van der Waals surface area contributed by atoms with E-state index < -0.39 is 0 Å². The molecule has 0 saturated carbocycles. The van der Waals surface area contributed by atoms with Gasteiger partial charge in [0.1, 0.15) is 0 Å². The summed E-state index contributed by atoms with van der Waals surface area (Å²) in [5.41, 5.74) is 4.98. The molecule has 0 aliphatic rings. The van der Waals surface area contributed by atoms with E-state index in [1.54, 1.807) is 0 Å². The van der Waals surface area contributed by atoms with Gasteiger partial charge in [-0.3, -0.25) is 0 Å². The minimum atomic E-state index is 0. The Labute approximate surface area is 46.8 Å². The molecule has 0 unspecified atom stereocenters. The highest BCUT2D eigenvalue weighted by Gasteiger charge is 1.69. The van der Waals surface area contributed by atoms with Crippen LogP contribution >= 0.6 is 0 Å². The summed E-state index contributed by atoms with van der Waals surface area (Å²) in [4.78, 5) is 0. The summed E-state index contributed by atoms with van der Waals surface area (Å²) < 4.78 is 0. The van der Waals surface area contributed by atoms with Crippen LogP contribution in [0.1, 0.15) is 21.7 Å². The number of hydrogen-bond acceptors (Lipinski definition) is 2. The molecule has 0 rings (SSSR count). The fraction of sp³-hybridized carbons (Fsp3) is 1.00. The zero-order valence-electron chi connectivity index (χ0n) is 5.15. The second-order valence-electron chi connectivity index (χ2n) is 0.866. The predicted molar refractivity (Wildman–Crippen MR) is 34.2 cm³/mol. The van der Waals surface area contributed by atoms with Crippen LogP contribution in [-0.4, -0.2) is 18.3 Å². The van der Waals surface area contributed by atoms with Crippen molar-refractivity contribution in [1.82, 2.24) is 0 Å². The van der Waals surface area contributed by atoms with Crippen molar-refractivity contribution in [2.24, 2.45) is 5.73 Å². The lowest BCUT2D eigenvalue weighted by Gasteiger charge is -1.80. The van der Waals surface area contributed by atoms with E-state index in [0.29, 0.717) is 6.54 Å². The molecule has 3 N–H and O–H groups in total. The van der Waals surface area contributed by atoms with Gasteiger partial charge in [0.2, 0.25) is 0 Å². The van der Waals surface area contributed by atoms with Crippen LogP contribution in [0.3, 0.4) is 0 Å². The van der Waals surface area contributed by atoms with Gasteiger partial charge in [0.15, 0.2) is 0 Å². The highest BCUT2D eigenvalue weighted by Crippen LogP contribution is 1.62. The highest BCUT2D eigenvalue weighted by atomic mass is 16.2. The molecule has 0 aliphatic carbocycles. The van der Waals surface area contributed by atoms with Crippen LogP contribution in [0.5, 0.6) is 0 Å². The van der Waals surface area contributed by atoms with Crippen molar-refractivity contribution in [3.05, 3.63) is 0 Å². The molecular weight excluding hydrogens is 90.1 g/mol. The molecule has 0 heterocycles. The Morgan fingerprint density at radius 3 is 2.00 bits per heavy atom. The van der Waals surface area contributed by atoms with Crippen molar-refractivity contribution in [3.8, 4) is 0 Å². The fourth-order valence-corrected chi connectivity index (χ4v) is 0.0913. The van der Waals surface area contributed by atoms with Gasteiger partial charge in [-0.1, -0.05) is 13.8 Å². The van der Waals surface area contributed by atoms with Crippen LogP contribution in [0.4, 0.5) is 0 Å². The average molecular weight is 107 g/mol. The van der Waals surface area contributed by atoms with Gasteiger partial charge in [-0.25, -0.2) is 0 Å². The van der Waals surface area contributed by atoms with Crippen molar-refractivity contribution in [1.29, 1.82) is 0 Å². The summed E-state index contributed by atoms with van der Waals surface area (Å²) >= 11 is 0. The molecule has 0 bridgehead atoms. The van der Waals surface area contributed by atoms with Crippen LogP contribution in [-0.2, 0) is 0 Å². The zero-order valence-corrected chi connectivity index (χ0v) is 5.15. The summed E-state index contributed by atoms with van der Waals surface area (Å²) in [5, 5.41) is 7.99. The zero-order chi connectivity index (χ0) is 6.12. The van der Waals surface area contributed by atoms with Crippen LogP contribution in [0.2, 0.25) is 0 Å². The Morgan fingerprint density at radius 1 is 1.57 bits per heavy atom. The topological polar surface area (TPSA) is 46.2 Å². The summed E-state index contributed by atoms with van der Waals surface area (Å²) in [6.45, 7) is 4.81. The Bertz CT molecular complexity index is 19.9. The van der Waals surface area contributed by atoms with Gasteiger partial charge in [0.25, 0.3) is 0 Å². The number of hydrogen-bond donors (Lipinski definition) is 2. The van der Waals surface area contributed by atoms with E-state index in [9.17, 15) is 0 Å².